The lowest BCUT2D eigenvalue weighted by atomic mass is 10.3. The van der Waals surface area contributed by atoms with E-state index in [4.69, 9.17) is 0 Å². The second kappa shape index (κ2) is 4.95. The van der Waals surface area contributed by atoms with Gasteiger partial charge in [-0.25, -0.2) is 9.37 Å². The molecule has 0 aliphatic rings. The molecule has 18 heavy (non-hydrogen) atoms. The highest BCUT2D eigenvalue weighted by Gasteiger charge is 2.05. The largest absolute Gasteiger partial charge is 0.357 e. The van der Waals surface area contributed by atoms with Crippen molar-refractivity contribution in [1.82, 2.24) is 4.98 Å². The SMILES string of the molecule is Fc1ccc2nc(NCc3cc(Br)cs3)sc2c1. The topological polar surface area (TPSA) is 24.9 Å². The van der Waals surface area contributed by atoms with Crippen molar-refractivity contribution in [2.75, 3.05) is 5.32 Å². The average Bonchev–Trinajstić information content (AvgIpc) is 2.92. The van der Waals surface area contributed by atoms with Gasteiger partial charge in [0.25, 0.3) is 0 Å². The van der Waals surface area contributed by atoms with Crippen molar-refractivity contribution < 1.29 is 4.39 Å². The number of fused-ring (bicyclic) bond motifs is 1. The molecule has 0 bridgehead atoms. The van der Waals surface area contributed by atoms with Crippen molar-refractivity contribution in [3.8, 4) is 0 Å². The molecule has 92 valence electrons. The van der Waals surface area contributed by atoms with Crippen molar-refractivity contribution in [2.24, 2.45) is 0 Å². The maximum atomic E-state index is 13.1. The Balaban J connectivity index is 1.78. The fourth-order valence-electron chi connectivity index (χ4n) is 1.58. The fourth-order valence-corrected chi connectivity index (χ4v) is 3.86. The van der Waals surface area contributed by atoms with Gasteiger partial charge in [-0.15, -0.1) is 11.3 Å². The first-order chi connectivity index (χ1) is 8.70. The van der Waals surface area contributed by atoms with Gasteiger partial charge in [-0.2, -0.15) is 0 Å². The third kappa shape index (κ3) is 2.55. The van der Waals surface area contributed by atoms with Crippen LogP contribution in [-0.4, -0.2) is 4.98 Å². The summed E-state index contributed by atoms with van der Waals surface area (Å²) in [6, 6.07) is 6.72. The van der Waals surface area contributed by atoms with E-state index in [-0.39, 0.29) is 5.82 Å². The van der Waals surface area contributed by atoms with Crippen LogP contribution in [0.3, 0.4) is 0 Å². The van der Waals surface area contributed by atoms with E-state index in [2.05, 4.69) is 32.3 Å². The van der Waals surface area contributed by atoms with E-state index in [1.54, 1.807) is 17.4 Å². The van der Waals surface area contributed by atoms with Crippen molar-refractivity contribution in [3.63, 3.8) is 0 Å². The molecule has 0 saturated heterocycles. The van der Waals surface area contributed by atoms with Crippen molar-refractivity contribution in [3.05, 3.63) is 44.8 Å². The van der Waals surface area contributed by atoms with Crippen molar-refractivity contribution in [1.29, 1.82) is 0 Å². The highest BCUT2D eigenvalue weighted by Crippen LogP contribution is 2.27. The van der Waals surface area contributed by atoms with Crippen molar-refractivity contribution >= 4 is 54.0 Å². The quantitative estimate of drug-likeness (QED) is 0.734. The Morgan fingerprint density at radius 1 is 1.33 bits per heavy atom. The summed E-state index contributed by atoms with van der Waals surface area (Å²) in [4.78, 5) is 5.64. The number of nitrogens with one attached hydrogen (secondary N) is 1. The number of halogens is 2. The van der Waals surface area contributed by atoms with E-state index in [0.29, 0.717) is 0 Å². The zero-order valence-corrected chi connectivity index (χ0v) is 12.3. The summed E-state index contributed by atoms with van der Waals surface area (Å²) in [5.41, 5.74) is 0.830. The first kappa shape index (κ1) is 12.1. The second-order valence-corrected chi connectivity index (χ2v) is 6.66. The van der Waals surface area contributed by atoms with Gasteiger partial charge in [0.15, 0.2) is 5.13 Å². The molecule has 0 radical (unpaired) electrons. The zero-order chi connectivity index (χ0) is 12.5. The van der Waals surface area contributed by atoms with Crippen LogP contribution in [0.5, 0.6) is 0 Å². The van der Waals surface area contributed by atoms with E-state index in [1.165, 1.54) is 28.3 Å². The number of thiazole rings is 1. The number of hydrogen-bond acceptors (Lipinski definition) is 4. The number of hydrogen-bond donors (Lipinski definition) is 1. The Hall–Kier alpha value is -0.980. The molecule has 0 spiro atoms. The number of thiophene rings is 1. The van der Waals surface area contributed by atoms with Gasteiger partial charge < -0.3 is 5.32 Å². The predicted octanol–water partition coefficient (Wildman–Crippen LogP) is 4.87. The highest BCUT2D eigenvalue weighted by atomic mass is 79.9. The van der Waals surface area contributed by atoms with Gasteiger partial charge in [0, 0.05) is 14.7 Å². The van der Waals surface area contributed by atoms with Gasteiger partial charge >= 0.3 is 0 Å². The molecule has 0 unspecified atom stereocenters. The van der Waals surface area contributed by atoms with Crippen LogP contribution in [0.15, 0.2) is 34.1 Å². The van der Waals surface area contributed by atoms with Crippen LogP contribution in [0.25, 0.3) is 10.2 Å². The third-order valence-electron chi connectivity index (χ3n) is 2.39. The molecule has 3 aromatic rings. The minimum atomic E-state index is -0.222. The monoisotopic (exact) mass is 342 g/mol. The van der Waals surface area contributed by atoms with Crippen LogP contribution < -0.4 is 5.32 Å². The minimum absolute atomic E-state index is 0.222. The average molecular weight is 343 g/mol. The Morgan fingerprint density at radius 2 is 2.22 bits per heavy atom. The van der Waals surface area contributed by atoms with Crippen molar-refractivity contribution in [2.45, 2.75) is 6.54 Å². The van der Waals surface area contributed by atoms with E-state index in [1.807, 2.05) is 5.38 Å². The fraction of sp³-hybridized carbons (Fsp3) is 0.0833. The first-order valence-electron chi connectivity index (χ1n) is 5.23. The van der Waals surface area contributed by atoms with Gasteiger partial charge in [-0.3, -0.25) is 0 Å². The molecular formula is C12H8BrFN2S2. The van der Waals surface area contributed by atoms with Crippen LogP contribution in [0.4, 0.5) is 9.52 Å². The summed E-state index contributed by atoms with van der Waals surface area (Å²) in [5, 5.41) is 6.12. The number of rotatable bonds is 3. The van der Waals surface area contributed by atoms with Gasteiger partial charge in [-0.05, 0) is 40.2 Å². The van der Waals surface area contributed by atoms with Crippen LogP contribution in [0, 0.1) is 5.82 Å². The second-order valence-electron chi connectivity index (χ2n) is 3.72. The smallest absolute Gasteiger partial charge is 0.184 e. The molecule has 3 rings (SSSR count). The Kier molecular flexibility index (Phi) is 3.32. The van der Waals surface area contributed by atoms with Crippen LogP contribution >= 0.6 is 38.6 Å². The Labute approximate surface area is 120 Å². The summed E-state index contributed by atoms with van der Waals surface area (Å²) in [6.07, 6.45) is 0. The zero-order valence-electron chi connectivity index (χ0n) is 9.11. The highest BCUT2D eigenvalue weighted by molar-refractivity contribution is 9.10. The molecule has 0 atom stereocenters. The normalized spacial score (nSPS) is 11.0. The van der Waals surface area contributed by atoms with E-state index in [9.17, 15) is 4.39 Å². The van der Waals surface area contributed by atoms with Gasteiger partial charge in [-0.1, -0.05) is 11.3 Å². The standard InChI is InChI=1S/C12H8BrFN2S2/c13-7-3-9(17-6-7)5-15-12-16-10-2-1-8(14)4-11(10)18-12/h1-4,6H,5H2,(H,15,16). The lowest BCUT2D eigenvalue weighted by Crippen LogP contribution is -1.95. The molecular weight excluding hydrogens is 335 g/mol. The van der Waals surface area contributed by atoms with Gasteiger partial charge in [0.05, 0.1) is 16.8 Å². The number of anilines is 1. The first-order valence-corrected chi connectivity index (χ1v) is 7.72. The molecule has 2 heterocycles. The number of aromatic nitrogens is 1. The minimum Gasteiger partial charge on any atom is -0.357 e. The molecule has 0 amide bonds. The molecule has 2 nitrogen and oxygen atoms in total. The van der Waals surface area contributed by atoms with E-state index in [0.717, 1.165) is 26.4 Å². The lowest BCUT2D eigenvalue weighted by molar-refractivity contribution is 0.630. The molecule has 0 fully saturated rings. The molecule has 0 saturated carbocycles. The predicted molar refractivity (Wildman–Crippen MR) is 78.9 cm³/mol. The number of nitrogens with zero attached hydrogens (tertiary/aromatic N) is 1. The molecule has 1 aromatic carbocycles. The van der Waals surface area contributed by atoms with Crippen LogP contribution in [0.1, 0.15) is 4.88 Å². The lowest BCUT2D eigenvalue weighted by Gasteiger charge is -1.98. The molecule has 1 N–H and O–H groups in total. The number of benzene rings is 1. The molecule has 0 aliphatic carbocycles. The van der Waals surface area contributed by atoms with Gasteiger partial charge in [0.1, 0.15) is 5.82 Å². The molecule has 6 heteroatoms. The Bertz CT molecular complexity index is 692. The summed E-state index contributed by atoms with van der Waals surface area (Å²) in [7, 11) is 0. The Morgan fingerprint density at radius 3 is 3.00 bits per heavy atom. The summed E-state index contributed by atoms with van der Waals surface area (Å²) in [6.45, 7) is 0.735. The molecule has 2 aromatic heterocycles. The van der Waals surface area contributed by atoms with E-state index >= 15 is 0 Å². The summed E-state index contributed by atoms with van der Waals surface area (Å²) in [5.74, 6) is -0.222. The summed E-state index contributed by atoms with van der Waals surface area (Å²) >= 11 is 6.58. The van der Waals surface area contributed by atoms with E-state index < -0.39 is 0 Å². The van der Waals surface area contributed by atoms with Crippen LogP contribution in [-0.2, 0) is 6.54 Å². The third-order valence-corrected chi connectivity index (χ3v) is 5.06. The molecule has 0 aliphatic heterocycles. The summed E-state index contributed by atoms with van der Waals surface area (Å²) < 4.78 is 15.0. The van der Waals surface area contributed by atoms with Crippen LogP contribution in [0.2, 0.25) is 0 Å². The van der Waals surface area contributed by atoms with Gasteiger partial charge in [0.2, 0.25) is 0 Å². The maximum absolute atomic E-state index is 13.1. The maximum Gasteiger partial charge on any atom is 0.184 e.